The molecular formula is C12H20O3. The van der Waals surface area contributed by atoms with Crippen LogP contribution in [-0.2, 0) is 5.41 Å². The molecule has 1 heterocycles. The summed E-state index contributed by atoms with van der Waals surface area (Å²) in [6, 6.07) is 0. The first-order valence-corrected chi connectivity index (χ1v) is 5.29. The molecule has 0 aliphatic rings. The summed E-state index contributed by atoms with van der Waals surface area (Å²) in [7, 11) is 0. The number of hydrogen-bond acceptors (Lipinski definition) is 3. The van der Waals surface area contributed by atoms with E-state index in [-0.39, 0.29) is 16.6 Å². The van der Waals surface area contributed by atoms with Gasteiger partial charge in [-0.25, -0.2) is 0 Å². The Labute approximate surface area is 90.8 Å². The highest BCUT2D eigenvalue weighted by Crippen LogP contribution is 2.24. The predicted molar refractivity (Wildman–Crippen MR) is 61.3 cm³/mol. The van der Waals surface area contributed by atoms with Gasteiger partial charge in [-0.2, -0.15) is 0 Å². The highest BCUT2D eigenvalue weighted by Gasteiger charge is 2.23. The van der Waals surface area contributed by atoms with Gasteiger partial charge in [-0.1, -0.05) is 34.6 Å². The van der Waals surface area contributed by atoms with E-state index in [1.165, 1.54) is 6.26 Å². The summed E-state index contributed by atoms with van der Waals surface area (Å²) in [6.07, 6.45) is 3.28. The summed E-state index contributed by atoms with van der Waals surface area (Å²) in [5, 5.41) is 9.15. The summed E-state index contributed by atoms with van der Waals surface area (Å²) in [4.78, 5) is 11.5. The van der Waals surface area contributed by atoms with E-state index in [0.29, 0.717) is 5.56 Å². The molecule has 0 aliphatic heterocycles. The van der Waals surface area contributed by atoms with Crippen LogP contribution in [0.1, 0.15) is 46.6 Å². The Morgan fingerprint density at radius 2 is 1.87 bits per heavy atom. The maximum atomic E-state index is 11.5. The second-order valence-corrected chi connectivity index (χ2v) is 3.74. The van der Waals surface area contributed by atoms with Crippen LogP contribution in [0.3, 0.4) is 0 Å². The van der Waals surface area contributed by atoms with Gasteiger partial charge < -0.3 is 9.52 Å². The van der Waals surface area contributed by atoms with Crippen LogP contribution in [0.15, 0.2) is 21.7 Å². The van der Waals surface area contributed by atoms with E-state index in [2.05, 4.69) is 0 Å². The van der Waals surface area contributed by atoms with Crippen molar-refractivity contribution in [2.24, 2.45) is 0 Å². The van der Waals surface area contributed by atoms with E-state index in [9.17, 15) is 4.79 Å². The number of aromatic hydroxyl groups is 1. The molecule has 0 bridgehead atoms. The molecular weight excluding hydrogens is 192 g/mol. The molecule has 0 spiro atoms. The zero-order chi connectivity index (χ0) is 12.1. The monoisotopic (exact) mass is 212 g/mol. The first-order valence-electron chi connectivity index (χ1n) is 5.29. The van der Waals surface area contributed by atoms with E-state index in [0.717, 1.165) is 12.7 Å². The predicted octanol–water partition coefficient (Wildman–Crippen LogP) is 3.06. The molecule has 1 aromatic heterocycles. The lowest BCUT2D eigenvalue weighted by molar-refractivity contribution is 0.406. The quantitative estimate of drug-likeness (QED) is 0.819. The first-order chi connectivity index (χ1) is 6.99. The highest BCUT2D eigenvalue weighted by atomic mass is 16.3. The minimum absolute atomic E-state index is 0.251. The molecule has 0 fully saturated rings. The van der Waals surface area contributed by atoms with Crippen molar-refractivity contribution < 1.29 is 9.52 Å². The minimum atomic E-state index is -0.335. The molecule has 15 heavy (non-hydrogen) atoms. The first kappa shape index (κ1) is 13.8. The topological polar surface area (TPSA) is 50.4 Å². The fourth-order valence-corrected chi connectivity index (χ4v) is 1.07. The second-order valence-electron chi connectivity index (χ2n) is 3.74. The minimum Gasteiger partial charge on any atom is -0.502 e. The van der Waals surface area contributed by atoms with Gasteiger partial charge in [-0.3, -0.25) is 4.79 Å². The molecule has 0 amide bonds. The molecule has 1 N–H and O–H groups in total. The van der Waals surface area contributed by atoms with Gasteiger partial charge in [0.05, 0.1) is 6.26 Å². The van der Waals surface area contributed by atoms with Crippen molar-refractivity contribution in [3.05, 3.63) is 28.3 Å². The van der Waals surface area contributed by atoms with Crippen molar-refractivity contribution in [2.45, 2.75) is 46.5 Å². The van der Waals surface area contributed by atoms with Gasteiger partial charge in [0.15, 0.2) is 5.75 Å². The molecule has 0 unspecified atom stereocenters. The Morgan fingerprint density at radius 1 is 1.33 bits per heavy atom. The normalized spacial score (nSPS) is 10.5. The smallest absolute Gasteiger partial charge is 0.230 e. The van der Waals surface area contributed by atoms with Crippen LogP contribution < -0.4 is 5.43 Å². The van der Waals surface area contributed by atoms with Crippen LogP contribution in [0, 0.1) is 0 Å². The Balaban J connectivity index is 0.000000921. The average molecular weight is 212 g/mol. The Morgan fingerprint density at radius 3 is 2.33 bits per heavy atom. The van der Waals surface area contributed by atoms with Crippen LogP contribution in [-0.4, -0.2) is 5.11 Å². The third-order valence-corrected chi connectivity index (χ3v) is 2.46. The van der Waals surface area contributed by atoms with Gasteiger partial charge >= 0.3 is 0 Å². The summed E-state index contributed by atoms with van der Waals surface area (Å²) in [5.41, 5.74) is -0.0626. The molecule has 0 saturated heterocycles. The molecule has 86 valence electrons. The SMILES string of the molecule is CC.CCC(C)(C)c1cocc(O)c1=O. The lowest BCUT2D eigenvalue weighted by Crippen LogP contribution is -2.24. The zero-order valence-corrected chi connectivity index (χ0v) is 10.1. The highest BCUT2D eigenvalue weighted by molar-refractivity contribution is 5.26. The van der Waals surface area contributed by atoms with Crippen molar-refractivity contribution in [1.29, 1.82) is 0 Å². The van der Waals surface area contributed by atoms with Crippen molar-refractivity contribution in [2.75, 3.05) is 0 Å². The fourth-order valence-electron chi connectivity index (χ4n) is 1.07. The third kappa shape index (κ3) is 3.11. The maximum absolute atomic E-state index is 11.5. The molecule has 0 atom stereocenters. The Bertz CT molecular complexity index is 350. The molecule has 1 aromatic rings. The standard InChI is InChI=1S/C10H14O3.C2H6/c1-4-10(2,3)7-5-13-6-8(11)9(7)12;1-2/h5-6,11H,4H2,1-3H3;1-2H3. The molecule has 3 heteroatoms. The van der Waals surface area contributed by atoms with Gasteiger partial charge in [0.2, 0.25) is 5.43 Å². The summed E-state index contributed by atoms with van der Waals surface area (Å²) in [5.74, 6) is -0.320. The Hall–Kier alpha value is -1.25. The molecule has 0 radical (unpaired) electrons. The number of hydrogen-bond donors (Lipinski definition) is 1. The lowest BCUT2D eigenvalue weighted by Gasteiger charge is -2.21. The van der Waals surface area contributed by atoms with Crippen LogP contribution in [0.5, 0.6) is 5.75 Å². The average Bonchev–Trinajstić information content (AvgIpc) is 2.25. The molecule has 0 aliphatic carbocycles. The van der Waals surface area contributed by atoms with Gasteiger partial charge in [0, 0.05) is 5.56 Å². The van der Waals surface area contributed by atoms with E-state index < -0.39 is 0 Å². The van der Waals surface area contributed by atoms with E-state index in [1.54, 1.807) is 0 Å². The fraction of sp³-hybridized carbons (Fsp3) is 0.583. The van der Waals surface area contributed by atoms with E-state index >= 15 is 0 Å². The zero-order valence-electron chi connectivity index (χ0n) is 10.1. The van der Waals surface area contributed by atoms with Crippen molar-refractivity contribution in [3.8, 4) is 5.75 Å². The molecule has 0 saturated carbocycles. The van der Waals surface area contributed by atoms with Crippen molar-refractivity contribution in [3.63, 3.8) is 0 Å². The number of rotatable bonds is 2. The maximum Gasteiger partial charge on any atom is 0.230 e. The largest absolute Gasteiger partial charge is 0.502 e. The molecule has 3 nitrogen and oxygen atoms in total. The summed E-state index contributed by atoms with van der Waals surface area (Å²) < 4.78 is 4.86. The van der Waals surface area contributed by atoms with Gasteiger partial charge in [0.25, 0.3) is 0 Å². The lowest BCUT2D eigenvalue weighted by atomic mass is 9.83. The van der Waals surface area contributed by atoms with Crippen molar-refractivity contribution in [1.82, 2.24) is 0 Å². The third-order valence-electron chi connectivity index (χ3n) is 2.46. The second kappa shape index (κ2) is 5.59. The Kier molecular flexibility index (Phi) is 5.12. The van der Waals surface area contributed by atoms with E-state index in [1.807, 2.05) is 34.6 Å². The summed E-state index contributed by atoms with van der Waals surface area (Å²) >= 11 is 0. The van der Waals surface area contributed by atoms with Gasteiger partial charge in [-0.15, -0.1) is 0 Å². The van der Waals surface area contributed by atoms with Gasteiger partial charge in [-0.05, 0) is 11.8 Å². The van der Waals surface area contributed by atoms with Crippen molar-refractivity contribution >= 4 is 0 Å². The molecule has 0 aromatic carbocycles. The molecule has 1 rings (SSSR count). The van der Waals surface area contributed by atoms with Crippen LogP contribution >= 0.6 is 0 Å². The van der Waals surface area contributed by atoms with Crippen LogP contribution in [0.25, 0.3) is 0 Å². The van der Waals surface area contributed by atoms with E-state index in [4.69, 9.17) is 9.52 Å². The van der Waals surface area contributed by atoms with Crippen LogP contribution in [0.2, 0.25) is 0 Å². The van der Waals surface area contributed by atoms with Crippen LogP contribution in [0.4, 0.5) is 0 Å². The van der Waals surface area contributed by atoms with Gasteiger partial charge in [0.1, 0.15) is 6.26 Å². The summed E-state index contributed by atoms with van der Waals surface area (Å²) in [6.45, 7) is 9.88.